The van der Waals surface area contributed by atoms with Crippen LogP contribution in [0, 0.1) is 12.8 Å². The van der Waals surface area contributed by atoms with Crippen LogP contribution in [0.4, 0.5) is 0 Å². The van der Waals surface area contributed by atoms with Gasteiger partial charge in [-0.3, -0.25) is 4.79 Å². The quantitative estimate of drug-likeness (QED) is 0.348. The highest BCUT2D eigenvalue weighted by Crippen LogP contribution is 2.39. The van der Waals surface area contributed by atoms with Gasteiger partial charge in [0.25, 0.3) is 5.91 Å². The van der Waals surface area contributed by atoms with Crippen molar-refractivity contribution in [3.63, 3.8) is 0 Å². The van der Waals surface area contributed by atoms with Gasteiger partial charge in [-0.05, 0) is 68.8 Å². The van der Waals surface area contributed by atoms with Crippen LogP contribution in [0.25, 0.3) is 11.3 Å². The Labute approximate surface area is 209 Å². The van der Waals surface area contributed by atoms with Crippen molar-refractivity contribution >= 4 is 11.9 Å². The van der Waals surface area contributed by atoms with Gasteiger partial charge in [0.2, 0.25) is 0 Å². The molecule has 7 nitrogen and oxygen atoms in total. The van der Waals surface area contributed by atoms with Crippen LogP contribution in [0.1, 0.15) is 110 Å². The fourth-order valence-electron chi connectivity index (χ4n) is 4.78. The summed E-state index contributed by atoms with van der Waals surface area (Å²) in [5, 5.41) is 12.5. The minimum atomic E-state index is -1.12. The van der Waals surface area contributed by atoms with Gasteiger partial charge in [0.15, 0.2) is 11.5 Å². The number of benzene rings is 1. The van der Waals surface area contributed by atoms with Gasteiger partial charge in [-0.25, -0.2) is 4.79 Å². The summed E-state index contributed by atoms with van der Waals surface area (Å²) in [7, 11) is 0. The first-order valence-electron chi connectivity index (χ1n) is 13.2. The lowest BCUT2D eigenvalue weighted by molar-refractivity contribution is 0.0680. The predicted molar refractivity (Wildman–Crippen MR) is 137 cm³/mol. The number of aromatic nitrogens is 1. The number of hydrogen-bond acceptors (Lipinski definition) is 5. The smallest absolute Gasteiger partial charge is 0.358 e. The lowest BCUT2D eigenvalue weighted by atomic mass is 9.99. The van der Waals surface area contributed by atoms with E-state index in [1.165, 1.54) is 70.3 Å². The minimum Gasteiger partial charge on any atom is -0.476 e. The van der Waals surface area contributed by atoms with E-state index in [4.69, 9.17) is 15.4 Å². The maximum atomic E-state index is 12.7. The topological polar surface area (TPSA) is 110 Å². The lowest BCUT2D eigenvalue weighted by Gasteiger charge is -2.24. The van der Waals surface area contributed by atoms with Crippen molar-refractivity contribution < 1.29 is 19.2 Å². The summed E-state index contributed by atoms with van der Waals surface area (Å²) in [6.45, 7) is 7.75. The number of amides is 1. The zero-order valence-electron chi connectivity index (χ0n) is 21.5. The van der Waals surface area contributed by atoms with E-state index >= 15 is 0 Å². The molecular formula is C28H41N3O4. The molecule has 1 aromatic carbocycles. The first-order chi connectivity index (χ1) is 16.9. The van der Waals surface area contributed by atoms with Crippen LogP contribution in [0.3, 0.4) is 0 Å². The van der Waals surface area contributed by atoms with Crippen molar-refractivity contribution in [2.45, 2.75) is 97.6 Å². The van der Waals surface area contributed by atoms with E-state index in [9.17, 15) is 9.59 Å². The number of nitrogens with two attached hydrogens (primary N) is 1. The number of carboxylic acid groups (broad SMARTS) is 1. The average Bonchev–Trinajstić information content (AvgIpc) is 3.46. The minimum absolute atomic E-state index is 0.0947. The van der Waals surface area contributed by atoms with E-state index in [0.717, 1.165) is 28.8 Å². The molecule has 1 aromatic heterocycles. The lowest BCUT2D eigenvalue weighted by Crippen LogP contribution is -2.34. The molecule has 7 heteroatoms. The summed E-state index contributed by atoms with van der Waals surface area (Å²) in [6, 6.07) is 5.43. The number of carbonyl (C=O) groups excluding carboxylic acids is 1. The standard InChI is InChI=1S/C18H18N2O4.C10H23N/c1-9-5-12(15-7-14(18(22)23)19-24-15)6-13-8-20(17(21)16(9)13)10(2)11-3-4-11;1-2-3-4-5-6-7-8-9-10-11/h5-7,10-11H,3-4,8H2,1-2H3,(H,22,23);2-11H2,1H3/t10-;/m0./s1. The van der Waals surface area contributed by atoms with E-state index in [1.54, 1.807) is 0 Å². The molecule has 0 bridgehead atoms. The number of aryl methyl sites for hydroxylation is 1. The largest absolute Gasteiger partial charge is 0.476 e. The van der Waals surface area contributed by atoms with E-state index < -0.39 is 5.97 Å². The molecule has 2 aromatic rings. The number of rotatable bonds is 12. The highest BCUT2D eigenvalue weighted by Gasteiger charge is 2.39. The first-order valence-corrected chi connectivity index (χ1v) is 13.2. The van der Waals surface area contributed by atoms with Crippen LogP contribution in [0.2, 0.25) is 0 Å². The van der Waals surface area contributed by atoms with Crippen LogP contribution < -0.4 is 5.73 Å². The Kier molecular flexibility index (Phi) is 9.90. The van der Waals surface area contributed by atoms with Crippen molar-refractivity contribution in [3.05, 3.63) is 40.6 Å². The Morgan fingerprint density at radius 2 is 1.80 bits per heavy atom. The molecule has 1 fully saturated rings. The normalized spacial score (nSPS) is 15.5. The number of carboxylic acids is 1. The molecule has 1 aliphatic heterocycles. The zero-order chi connectivity index (χ0) is 25.4. The molecule has 0 unspecified atom stereocenters. The van der Waals surface area contributed by atoms with Gasteiger partial charge in [0.05, 0.1) is 0 Å². The molecular weight excluding hydrogens is 442 g/mol. The van der Waals surface area contributed by atoms with Crippen molar-refractivity contribution in [3.8, 4) is 11.3 Å². The summed E-state index contributed by atoms with van der Waals surface area (Å²) in [5.41, 5.74) is 8.64. The first kappa shape index (κ1) is 26.9. The number of unbranched alkanes of at least 4 members (excludes halogenated alkanes) is 7. The van der Waals surface area contributed by atoms with Gasteiger partial charge in [0.1, 0.15) is 0 Å². The fraction of sp³-hybridized carbons (Fsp3) is 0.607. The second-order valence-corrected chi connectivity index (χ2v) is 9.98. The highest BCUT2D eigenvalue weighted by molar-refractivity contribution is 6.00. The molecule has 2 aliphatic rings. The van der Waals surface area contributed by atoms with Crippen molar-refractivity contribution in [1.82, 2.24) is 10.1 Å². The zero-order valence-corrected chi connectivity index (χ0v) is 21.5. The van der Waals surface area contributed by atoms with Gasteiger partial charge >= 0.3 is 5.97 Å². The predicted octanol–water partition coefficient (Wildman–Crippen LogP) is 6.19. The fourth-order valence-corrected chi connectivity index (χ4v) is 4.78. The van der Waals surface area contributed by atoms with Gasteiger partial charge < -0.3 is 20.3 Å². The molecule has 3 N–H and O–H groups in total. The SMILES string of the molecule is CCCCCCCCCCN.Cc1cc(-c2cc(C(=O)O)no2)cc2c1C(=O)N([C@@H](C)C1CC1)C2. The van der Waals surface area contributed by atoms with Crippen molar-refractivity contribution in [2.24, 2.45) is 11.7 Å². The second kappa shape index (κ2) is 12.9. The third kappa shape index (κ3) is 7.17. The maximum absolute atomic E-state index is 12.7. The summed E-state index contributed by atoms with van der Waals surface area (Å²) in [6.07, 6.45) is 13.4. The average molecular weight is 484 g/mol. The molecule has 1 atom stereocenters. The van der Waals surface area contributed by atoms with E-state index in [2.05, 4.69) is 19.0 Å². The third-order valence-corrected chi connectivity index (χ3v) is 7.10. The summed E-state index contributed by atoms with van der Waals surface area (Å²) in [4.78, 5) is 25.6. The van der Waals surface area contributed by atoms with Gasteiger partial charge in [0, 0.05) is 29.8 Å². The highest BCUT2D eigenvalue weighted by atomic mass is 16.5. The van der Waals surface area contributed by atoms with Crippen LogP contribution in [0.5, 0.6) is 0 Å². The van der Waals surface area contributed by atoms with Gasteiger partial charge in [-0.1, -0.05) is 57.0 Å². The number of fused-ring (bicyclic) bond motifs is 1. The van der Waals surface area contributed by atoms with Crippen LogP contribution in [-0.4, -0.2) is 39.6 Å². The Balaban J connectivity index is 0.000000266. The molecule has 4 rings (SSSR count). The second-order valence-electron chi connectivity index (χ2n) is 9.98. The summed E-state index contributed by atoms with van der Waals surface area (Å²) < 4.78 is 5.15. The summed E-state index contributed by atoms with van der Waals surface area (Å²) >= 11 is 0. The third-order valence-electron chi connectivity index (χ3n) is 7.10. The van der Waals surface area contributed by atoms with E-state index in [1.807, 2.05) is 24.0 Å². The van der Waals surface area contributed by atoms with Crippen molar-refractivity contribution in [2.75, 3.05) is 6.54 Å². The van der Waals surface area contributed by atoms with Crippen LogP contribution in [0.15, 0.2) is 22.7 Å². The number of nitrogens with zero attached hydrogens (tertiary/aromatic N) is 2. The molecule has 0 radical (unpaired) electrons. The van der Waals surface area contributed by atoms with Gasteiger partial charge in [-0.2, -0.15) is 0 Å². The number of carbonyl (C=O) groups is 2. The molecule has 1 amide bonds. The van der Waals surface area contributed by atoms with E-state index in [-0.39, 0.29) is 17.6 Å². The van der Waals surface area contributed by atoms with Crippen LogP contribution >= 0.6 is 0 Å². The maximum Gasteiger partial charge on any atom is 0.358 e. The molecule has 0 spiro atoms. The Morgan fingerprint density at radius 1 is 1.14 bits per heavy atom. The number of aromatic carboxylic acids is 1. The molecule has 2 heterocycles. The Hall–Kier alpha value is -2.67. The molecule has 35 heavy (non-hydrogen) atoms. The molecule has 0 saturated heterocycles. The number of hydrogen-bond donors (Lipinski definition) is 2. The molecule has 1 aliphatic carbocycles. The Morgan fingerprint density at radius 3 is 2.37 bits per heavy atom. The summed E-state index contributed by atoms with van der Waals surface area (Å²) in [5.74, 6) is -0.00499. The van der Waals surface area contributed by atoms with Crippen LogP contribution in [-0.2, 0) is 6.54 Å². The molecule has 1 saturated carbocycles. The van der Waals surface area contributed by atoms with Crippen molar-refractivity contribution in [1.29, 1.82) is 0 Å². The monoisotopic (exact) mass is 483 g/mol. The van der Waals surface area contributed by atoms with Gasteiger partial charge in [-0.15, -0.1) is 0 Å². The Bertz CT molecular complexity index is 988. The van der Waals surface area contributed by atoms with E-state index in [0.29, 0.717) is 18.2 Å². The molecule has 192 valence electrons.